The summed E-state index contributed by atoms with van der Waals surface area (Å²) in [5.74, 6) is 1.47. The molecule has 0 radical (unpaired) electrons. The van der Waals surface area contributed by atoms with E-state index < -0.39 is 0 Å². The average Bonchev–Trinajstić information content (AvgIpc) is 3.52. The van der Waals surface area contributed by atoms with Crippen LogP contribution in [0.3, 0.4) is 0 Å². The molecule has 0 amide bonds. The molecule has 0 bridgehead atoms. The number of nitrogens with one attached hydrogen (secondary N) is 2. The average molecular weight is 480 g/mol. The summed E-state index contributed by atoms with van der Waals surface area (Å²) >= 11 is 5.78. The summed E-state index contributed by atoms with van der Waals surface area (Å²) in [6.07, 6.45) is 2.27. The number of aromatic nitrogens is 1. The Morgan fingerprint density at radius 2 is 1.94 bits per heavy atom. The van der Waals surface area contributed by atoms with Gasteiger partial charge in [-0.1, -0.05) is 18.2 Å². The maximum Gasteiger partial charge on any atom is 0.253 e. The molecule has 7 nitrogen and oxygen atoms in total. The van der Waals surface area contributed by atoms with Gasteiger partial charge in [-0.2, -0.15) is 0 Å². The van der Waals surface area contributed by atoms with Crippen molar-refractivity contribution in [3.63, 3.8) is 0 Å². The molecule has 3 heterocycles. The first-order valence-corrected chi connectivity index (χ1v) is 12.0. The van der Waals surface area contributed by atoms with E-state index in [0.717, 1.165) is 58.5 Å². The highest BCUT2D eigenvalue weighted by molar-refractivity contribution is 7.80. The van der Waals surface area contributed by atoms with E-state index in [0.29, 0.717) is 30.3 Å². The van der Waals surface area contributed by atoms with E-state index in [-0.39, 0.29) is 18.5 Å². The molecule has 2 aliphatic rings. The largest absolute Gasteiger partial charge is 0.454 e. The number of aromatic amines is 1. The van der Waals surface area contributed by atoms with E-state index in [9.17, 15) is 4.79 Å². The van der Waals surface area contributed by atoms with Gasteiger partial charge in [0.05, 0.1) is 18.2 Å². The van der Waals surface area contributed by atoms with Crippen LogP contribution in [0.5, 0.6) is 11.5 Å². The van der Waals surface area contributed by atoms with E-state index >= 15 is 0 Å². The van der Waals surface area contributed by atoms with Gasteiger partial charge in [-0.05, 0) is 73.8 Å². The van der Waals surface area contributed by atoms with E-state index in [2.05, 4.69) is 23.3 Å². The number of nitrogens with zero attached hydrogens (tertiary/aromatic N) is 1. The minimum Gasteiger partial charge on any atom is -0.454 e. The standard InChI is InChI=1S/C26H29N3O4S/c1-16-5-6-17(2)24-21(16)11-19(25(30)28-24)14-29(26(34)27-12-20-4-3-9-31-20)13-18-7-8-22-23(10-18)33-15-32-22/h5-8,10-11,20H,3-4,9,12-15H2,1-2H3,(H,27,34)(H,28,30)/t20-/m1/s1. The molecule has 178 valence electrons. The number of thiocarbonyl (C=S) groups is 1. The van der Waals surface area contributed by atoms with E-state index in [1.807, 2.05) is 42.2 Å². The van der Waals surface area contributed by atoms with Crippen LogP contribution in [0.25, 0.3) is 10.9 Å². The highest BCUT2D eigenvalue weighted by Gasteiger charge is 2.20. The zero-order valence-corrected chi connectivity index (χ0v) is 20.3. The first kappa shape index (κ1) is 22.7. The van der Waals surface area contributed by atoms with Gasteiger partial charge in [0.1, 0.15) is 0 Å². The van der Waals surface area contributed by atoms with Gasteiger partial charge in [0.2, 0.25) is 6.79 Å². The van der Waals surface area contributed by atoms with Crippen molar-refractivity contribution >= 4 is 28.2 Å². The lowest BCUT2D eigenvalue weighted by Gasteiger charge is -2.27. The fourth-order valence-electron chi connectivity index (χ4n) is 4.52. The van der Waals surface area contributed by atoms with Gasteiger partial charge in [-0.3, -0.25) is 4.79 Å². The lowest BCUT2D eigenvalue weighted by Crippen LogP contribution is -2.42. The lowest BCUT2D eigenvalue weighted by molar-refractivity contribution is 0.113. The predicted molar refractivity (Wildman–Crippen MR) is 135 cm³/mol. The maximum atomic E-state index is 13.0. The number of pyridine rings is 1. The van der Waals surface area contributed by atoms with Crippen molar-refractivity contribution in [3.8, 4) is 11.5 Å². The molecule has 3 aromatic rings. The molecule has 2 aliphatic heterocycles. The minimum absolute atomic E-state index is 0.0983. The molecule has 34 heavy (non-hydrogen) atoms. The van der Waals surface area contributed by atoms with Crippen LogP contribution in [0.4, 0.5) is 0 Å². The van der Waals surface area contributed by atoms with Crippen LogP contribution in [0.15, 0.2) is 41.2 Å². The second kappa shape index (κ2) is 9.64. The Hall–Kier alpha value is -3.10. The van der Waals surface area contributed by atoms with Gasteiger partial charge in [0.25, 0.3) is 5.56 Å². The number of H-pyrrole nitrogens is 1. The number of aryl methyl sites for hydroxylation is 2. The molecular weight excluding hydrogens is 450 g/mol. The van der Waals surface area contributed by atoms with Crippen molar-refractivity contribution < 1.29 is 14.2 Å². The van der Waals surface area contributed by atoms with Crippen molar-refractivity contribution in [1.82, 2.24) is 15.2 Å². The van der Waals surface area contributed by atoms with Gasteiger partial charge < -0.3 is 29.4 Å². The smallest absolute Gasteiger partial charge is 0.253 e. The van der Waals surface area contributed by atoms with E-state index in [1.54, 1.807) is 0 Å². The summed E-state index contributed by atoms with van der Waals surface area (Å²) < 4.78 is 16.7. The van der Waals surface area contributed by atoms with Crippen molar-refractivity contribution in [2.45, 2.75) is 45.9 Å². The normalized spacial score (nSPS) is 16.7. The molecule has 8 heteroatoms. The number of hydrogen-bond donors (Lipinski definition) is 2. The zero-order chi connectivity index (χ0) is 23.7. The molecule has 5 rings (SSSR count). The molecule has 0 aliphatic carbocycles. The first-order valence-electron chi connectivity index (χ1n) is 11.6. The highest BCUT2D eigenvalue weighted by Crippen LogP contribution is 2.33. The summed E-state index contributed by atoms with van der Waals surface area (Å²) in [7, 11) is 0. The summed E-state index contributed by atoms with van der Waals surface area (Å²) in [5, 5.41) is 5.00. The number of hydrogen-bond acceptors (Lipinski definition) is 5. The predicted octanol–water partition coefficient (Wildman–Crippen LogP) is 3.93. The molecular formula is C26H29N3O4S. The second-order valence-corrected chi connectivity index (χ2v) is 9.36. The van der Waals surface area contributed by atoms with E-state index in [1.165, 1.54) is 0 Å². The molecule has 2 N–H and O–H groups in total. The number of rotatable bonds is 6. The van der Waals surface area contributed by atoms with Gasteiger partial charge in [-0.15, -0.1) is 0 Å². The zero-order valence-electron chi connectivity index (χ0n) is 19.5. The van der Waals surface area contributed by atoms with Crippen LogP contribution in [0.1, 0.15) is 35.1 Å². The Morgan fingerprint density at radius 3 is 2.76 bits per heavy atom. The van der Waals surface area contributed by atoms with Crippen molar-refractivity contribution in [3.05, 3.63) is 69.0 Å². The molecule has 1 saturated heterocycles. The van der Waals surface area contributed by atoms with Crippen LogP contribution in [0, 0.1) is 13.8 Å². The fourth-order valence-corrected chi connectivity index (χ4v) is 4.73. The van der Waals surface area contributed by atoms with Crippen molar-refractivity contribution in [2.24, 2.45) is 0 Å². The minimum atomic E-state index is -0.0983. The summed E-state index contributed by atoms with van der Waals surface area (Å²) in [4.78, 5) is 18.1. The number of ether oxygens (including phenoxy) is 3. The second-order valence-electron chi connectivity index (χ2n) is 8.98. The summed E-state index contributed by atoms with van der Waals surface area (Å²) in [6, 6.07) is 12.0. The SMILES string of the molecule is Cc1ccc(C)c2[nH]c(=O)c(CN(Cc3ccc4c(c3)OCO4)C(=S)NC[C@H]3CCCO3)cc12. The lowest BCUT2D eigenvalue weighted by atomic mass is 10.0. The van der Waals surface area contributed by atoms with Crippen molar-refractivity contribution in [1.29, 1.82) is 0 Å². The third-order valence-corrected chi connectivity index (χ3v) is 6.89. The first-order chi connectivity index (χ1) is 16.5. The van der Waals surface area contributed by atoms with Crippen molar-refractivity contribution in [2.75, 3.05) is 19.9 Å². The van der Waals surface area contributed by atoms with Gasteiger partial charge in [-0.25, -0.2) is 0 Å². The molecule has 1 aromatic heterocycles. The van der Waals surface area contributed by atoms with Crippen LogP contribution in [-0.4, -0.2) is 41.0 Å². The highest BCUT2D eigenvalue weighted by atomic mass is 32.1. The molecule has 1 fully saturated rings. The maximum absolute atomic E-state index is 13.0. The van der Waals surface area contributed by atoms with Crippen LogP contribution >= 0.6 is 12.2 Å². The number of benzene rings is 2. The van der Waals surface area contributed by atoms with Crippen LogP contribution < -0.4 is 20.3 Å². The Morgan fingerprint density at radius 1 is 1.12 bits per heavy atom. The van der Waals surface area contributed by atoms with Gasteiger partial charge in [0, 0.05) is 30.6 Å². The van der Waals surface area contributed by atoms with Gasteiger partial charge >= 0.3 is 0 Å². The molecule has 1 atom stereocenters. The third-order valence-electron chi connectivity index (χ3n) is 6.48. The van der Waals surface area contributed by atoms with E-state index in [4.69, 9.17) is 26.4 Å². The Balaban J connectivity index is 1.42. The molecule has 0 saturated carbocycles. The fraction of sp³-hybridized carbons (Fsp3) is 0.385. The third kappa shape index (κ3) is 4.74. The Labute approximate surface area is 204 Å². The Kier molecular flexibility index (Phi) is 6.43. The molecule has 2 aromatic carbocycles. The molecule has 0 unspecified atom stereocenters. The number of fused-ring (bicyclic) bond motifs is 2. The quantitative estimate of drug-likeness (QED) is 0.519. The summed E-state index contributed by atoms with van der Waals surface area (Å²) in [6.45, 7) is 6.65. The topological polar surface area (TPSA) is 75.8 Å². The van der Waals surface area contributed by atoms with Crippen LogP contribution in [-0.2, 0) is 17.8 Å². The van der Waals surface area contributed by atoms with Crippen LogP contribution in [0.2, 0.25) is 0 Å². The molecule has 0 spiro atoms. The van der Waals surface area contributed by atoms with Gasteiger partial charge in [0.15, 0.2) is 16.6 Å². The Bertz CT molecular complexity index is 1280. The summed E-state index contributed by atoms with van der Waals surface area (Å²) in [5.41, 5.74) is 4.65. The monoisotopic (exact) mass is 479 g/mol.